The molecule has 12 heavy (non-hydrogen) atoms. The summed E-state index contributed by atoms with van der Waals surface area (Å²) in [6, 6.07) is 0. The van der Waals surface area contributed by atoms with Crippen molar-refractivity contribution in [3.63, 3.8) is 0 Å². The van der Waals surface area contributed by atoms with Gasteiger partial charge in [0, 0.05) is 0 Å². The van der Waals surface area contributed by atoms with Gasteiger partial charge in [-0.3, -0.25) is 9.38 Å². The van der Waals surface area contributed by atoms with Crippen molar-refractivity contribution >= 4 is 21.4 Å². The third kappa shape index (κ3) is 0.948. The van der Waals surface area contributed by atoms with Gasteiger partial charge in [-0.25, -0.2) is 4.98 Å². The van der Waals surface area contributed by atoms with Crippen LogP contribution in [0, 0.1) is 13.8 Å². The van der Waals surface area contributed by atoms with E-state index in [-0.39, 0.29) is 0 Å². The summed E-state index contributed by atoms with van der Waals surface area (Å²) in [6.07, 6.45) is 3.59. The maximum atomic E-state index is 4.37. The average molecular weight is 226 g/mol. The molecule has 2 rings (SSSR count). The van der Waals surface area contributed by atoms with E-state index in [2.05, 4.69) is 25.9 Å². The predicted molar refractivity (Wildman–Crippen MR) is 50.2 cm³/mol. The number of halogens is 1. The Balaban J connectivity index is 2.97. The minimum absolute atomic E-state index is 0.973. The molecule has 0 saturated carbocycles. The molecular formula is C8H8BrN3. The van der Waals surface area contributed by atoms with E-state index in [0.717, 1.165) is 21.5 Å². The lowest BCUT2D eigenvalue weighted by Crippen LogP contribution is -1.96. The molecule has 0 atom stereocenters. The van der Waals surface area contributed by atoms with Gasteiger partial charge in [-0.15, -0.1) is 0 Å². The van der Waals surface area contributed by atoms with E-state index in [1.807, 2.05) is 24.4 Å². The lowest BCUT2D eigenvalue weighted by atomic mass is 10.4. The molecule has 0 amide bonds. The third-order valence-electron chi connectivity index (χ3n) is 1.85. The van der Waals surface area contributed by atoms with Crippen molar-refractivity contribution in [1.29, 1.82) is 0 Å². The van der Waals surface area contributed by atoms with E-state index in [0.29, 0.717) is 0 Å². The molecule has 0 aliphatic carbocycles. The van der Waals surface area contributed by atoms with E-state index in [1.165, 1.54) is 0 Å². The maximum absolute atomic E-state index is 4.37. The molecule has 2 aromatic heterocycles. The summed E-state index contributed by atoms with van der Waals surface area (Å²) in [4.78, 5) is 8.42. The van der Waals surface area contributed by atoms with Crippen molar-refractivity contribution in [1.82, 2.24) is 14.4 Å². The minimum atomic E-state index is 0.973. The van der Waals surface area contributed by atoms with Crippen LogP contribution in [0.1, 0.15) is 11.4 Å². The molecule has 2 aromatic rings. The van der Waals surface area contributed by atoms with E-state index in [9.17, 15) is 0 Å². The molecule has 62 valence electrons. The number of aryl methyl sites for hydroxylation is 2. The molecule has 0 spiro atoms. The lowest BCUT2D eigenvalue weighted by molar-refractivity contribution is 0.999. The SMILES string of the molecule is Cc1nc(C)c2cncn2c1Br. The van der Waals surface area contributed by atoms with Crippen molar-refractivity contribution in [2.24, 2.45) is 0 Å². The Morgan fingerprint density at radius 3 is 2.83 bits per heavy atom. The van der Waals surface area contributed by atoms with E-state index >= 15 is 0 Å². The molecular weight excluding hydrogens is 218 g/mol. The van der Waals surface area contributed by atoms with Crippen molar-refractivity contribution < 1.29 is 0 Å². The van der Waals surface area contributed by atoms with Gasteiger partial charge in [-0.1, -0.05) is 0 Å². The van der Waals surface area contributed by atoms with Crippen LogP contribution in [-0.2, 0) is 0 Å². The van der Waals surface area contributed by atoms with Crippen LogP contribution in [0.4, 0.5) is 0 Å². The third-order valence-corrected chi connectivity index (χ3v) is 2.81. The number of fused-ring (bicyclic) bond motifs is 1. The number of hydrogen-bond donors (Lipinski definition) is 0. The largest absolute Gasteiger partial charge is 0.290 e. The van der Waals surface area contributed by atoms with Crippen LogP contribution < -0.4 is 0 Å². The van der Waals surface area contributed by atoms with Gasteiger partial charge in [-0.2, -0.15) is 0 Å². The lowest BCUT2D eigenvalue weighted by Gasteiger charge is -2.03. The smallest absolute Gasteiger partial charge is 0.112 e. The van der Waals surface area contributed by atoms with Gasteiger partial charge < -0.3 is 0 Å². The molecule has 0 N–H and O–H groups in total. The van der Waals surface area contributed by atoms with E-state index in [1.54, 1.807) is 6.33 Å². The van der Waals surface area contributed by atoms with Gasteiger partial charge >= 0.3 is 0 Å². The molecule has 0 fully saturated rings. The van der Waals surface area contributed by atoms with E-state index < -0.39 is 0 Å². The predicted octanol–water partition coefficient (Wildman–Crippen LogP) is 2.11. The van der Waals surface area contributed by atoms with Crippen molar-refractivity contribution in [2.75, 3.05) is 0 Å². The summed E-state index contributed by atoms with van der Waals surface area (Å²) in [6.45, 7) is 3.95. The number of hydrogen-bond acceptors (Lipinski definition) is 2. The molecule has 0 aromatic carbocycles. The molecule has 3 nitrogen and oxygen atoms in total. The van der Waals surface area contributed by atoms with Gasteiger partial charge in [0.05, 0.1) is 23.1 Å². The quantitative estimate of drug-likeness (QED) is 0.688. The van der Waals surface area contributed by atoms with E-state index in [4.69, 9.17) is 0 Å². The molecule has 0 bridgehead atoms. The van der Waals surface area contributed by atoms with Crippen LogP contribution in [-0.4, -0.2) is 14.4 Å². The first kappa shape index (κ1) is 7.73. The Labute approximate surface area is 78.6 Å². The Morgan fingerprint density at radius 1 is 1.33 bits per heavy atom. The molecule has 4 heteroatoms. The summed E-state index contributed by atoms with van der Waals surface area (Å²) in [5.74, 6) is 0. The topological polar surface area (TPSA) is 30.2 Å². The van der Waals surface area contributed by atoms with Gasteiger partial charge in [0.15, 0.2) is 0 Å². The zero-order valence-corrected chi connectivity index (χ0v) is 8.46. The maximum Gasteiger partial charge on any atom is 0.112 e. The molecule has 0 unspecified atom stereocenters. The van der Waals surface area contributed by atoms with Crippen molar-refractivity contribution in [2.45, 2.75) is 13.8 Å². The highest BCUT2D eigenvalue weighted by atomic mass is 79.9. The number of rotatable bonds is 0. The second-order valence-corrected chi connectivity index (χ2v) is 3.47. The van der Waals surface area contributed by atoms with Crippen LogP contribution in [0.5, 0.6) is 0 Å². The summed E-state index contributed by atoms with van der Waals surface area (Å²) in [5, 5.41) is 0. The Morgan fingerprint density at radius 2 is 2.08 bits per heavy atom. The van der Waals surface area contributed by atoms with Crippen LogP contribution in [0.15, 0.2) is 17.1 Å². The average Bonchev–Trinajstić information content (AvgIpc) is 2.48. The highest BCUT2D eigenvalue weighted by molar-refractivity contribution is 9.10. The summed E-state index contributed by atoms with van der Waals surface area (Å²) >= 11 is 3.45. The molecule has 2 heterocycles. The van der Waals surface area contributed by atoms with Crippen LogP contribution in [0.3, 0.4) is 0 Å². The normalized spacial score (nSPS) is 10.9. The standard InChI is InChI=1S/C8H8BrN3/c1-5-7-3-10-4-12(7)8(9)6(2)11-5/h3-4H,1-2H3. The van der Waals surface area contributed by atoms with Crippen LogP contribution in [0.2, 0.25) is 0 Å². The monoisotopic (exact) mass is 225 g/mol. The van der Waals surface area contributed by atoms with Crippen molar-refractivity contribution in [3.8, 4) is 0 Å². The van der Waals surface area contributed by atoms with Crippen LogP contribution >= 0.6 is 15.9 Å². The van der Waals surface area contributed by atoms with Crippen molar-refractivity contribution in [3.05, 3.63) is 28.5 Å². The second kappa shape index (κ2) is 2.55. The zero-order chi connectivity index (χ0) is 8.72. The molecule has 0 aliphatic rings. The number of aromatic nitrogens is 3. The number of nitrogens with zero attached hydrogens (tertiary/aromatic N) is 3. The second-order valence-electron chi connectivity index (χ2n) is 2.72. The first-order valence-electron chi connectivity index (χ1n) is 3.65. The fourth-order valence-electron chi connectivity index (χ4n) is 1.25. The molecule has 0 aliphatic heterocycles. The first-order valence-corrected chi connectivity index (χ1v) is 4.44. The highest BCUT2D eigenvalue weighted by Crippen LogP contribution is 2.18. The van der Waals surface area contributed by atoms with Gasteiger partial charge in [-0.05, 0) is 29.8 Å². The van der Waals surface area contributed by atoms with Gasteiger partial charge in [0.25, 0.3) is 0 Å². The van der Waals surface area contributed by atoms with Gasteiger partial charge in [0.1, 0.15) is 10.9 Å². The fourth-order valence-corrected chi connectivity index (χ4v) is 1.62. The Hall–Kier alpha value is -0.900. The highest BCUT2D eigenvalue weighted by Gasteiger charge is 2.05. The summed E-state index contributed by atoms with van der Waals surface area (Å²) in [5.41, 5.74) is 3.04. The molecule has 0 radical (unpaired) electrons. The van der Waals surface area contributed by atoms with Gasteiger partial charge in [0.2, 0.25) is 0 Å². The Kier molecular flexibility index (Phi) is 1.65. The Bertz CT molecular complexity index is 433. The summed E-state index contributed by atoms with van der Waals surface area (Å²) < 4.78 is 2.96. The minimum Gasteiger partial charge on any atom is -0.290 e. The summed E-state index contributed by atoms with van der Waals surface area (Å²) in [7, 11) is 0. The first-order chi connectivity index (χ1) is 5.70. The van der Waals surface area contributed by atoms with Crippen LogP contribution in [0.25, 0.3) is 5.52 Å². The molecule has 0 saturated heterocycles. The fraction of sp³-hybridized carbons (Fsp3) is 0.250. The number of imidazole rings is 1. The zero-order valence-electron chi connectivity index (χ0n) is 6.87.